The Hall–Kier alpha value is -2.19. The van der Waals surface area contributed by atoms with Crippen molar-refractivity contribution in [2.45, 2.75) is 24.4 Å². The first-order valence-electron chi connectivity index (χ1n) is 7.32. The summed E-state index contributed by atoms with van der Waals surface area (Å²) in [4.78, 5) is 6.37. The van der Waals surface area contributed by atoms with Crippen LogP contribution in [-0.2, 0) is 16.6 Å². The molecule has 0 aromatic carbocycles. The van der Waals surface area contributed by atoms with E-state index in [1.54, 1.807) is 12.1 Å². The molecule has 2 aromatic heterocycles. The molecule has 0 amide bonds. The van der Waals surface area contributed by atoms with Gasteiger partial charge in [0.1, 0.15) is 12.1 Å². The van der Waals surface area contributed by atoms with E-state index in [0.29, 0.717) is 11.5 Å². The summed E-state index contributed by atoms with van der Waals surface area (Å²) in [6.07, 6.45) is 3.21. The SMILES string of the molecule is C=C1CCN(c2cccc(S(=O)(=O)NCc3ccon3)n2)CC1. The zero-order valence-corrected chi connectivity index (χ0v) is 13.4. The third kappa shape index (κ3) is 3.77. The molecule has 3 heterocycles. The number of hydrogen-bond donors (Lipinski definition) is 1. The van der Waals surface area contributed by atoms with Gasteiger partial charge in [0.2, 0.25) is 0 Å². The highest BCUT2D eigenvalue weighted by Gasteiger charge is 2.19. The van der Waals surface area contributed by atoms with Gasteiger partial charge in [0.05, 0.1) is 12.2 Å². The third-order valence-electron chi connectivity index (χ3n) is 3.71. The first-order chi connectivity index (χ1) is 11.0. The second-order valence-corrected chi connectivity index (χ2v) is 7.10. The van der Waals surface area contributed by atoms with Gasteiger partial charge in [0.25, 0.3) is 10.0 Å². The Labute approximate surface area is 135 Å². The molecule has 0 unspecified atom stereocenters. The summed E-state index contributed by atoms with van der Waals surface area (Å²) in [5, 5.41) is 3.67. The summed E-state index contributed by atoms with van der Waals surface area (Å²) < 4.78 is 31.8. The topological polar surface area (TPSA) is 88.3 Å². The molecule has 122 valence electrons. The molecule has 1 aliphatic rings. The van der Waals surface area contributed by atoms with Crippen LogP contribution in [0.3, 0.4) is 0 Å². The van der Waals surface area contributed by atoms with Crippen LogP contribution >= 0.6 is 0 Å². The molecule has 1 N–H and O–H groups in total. The van der Waals surface area contributed by atoms with Gasteiger partial charge in [0, 0.05) is 19.2 Å². The van der Waals surface area contributed by atoms with E-state index in [2.05, 4.69) is 30.9 Å². The van der Waals surface area contributed by atoms with Gasteiger partial charge < -0.3 is 9.42 Å². The predicted molar refractivity (Wildman–Crippen MR) is 85.4 cm³/mol. The molecule has 7 nitrogen and oxygen atoms in total. The minimum absolute atomic E-state index is 0.00268. The highest BCUT2D eigenvalue weighted by molar-refractivity contribution is 7.89. The number of aromatic nitrogens is 2. The number of sulfonamides is 1. The number of nitrogens with one attached hydrogen (secondary N) is 1. The van der Waals surface area contributed by atoms with E-state index in [1.807, 2.05) is 6.07 Å². The Morgan fingerprint density at radius 3 is 2.74 bits per heavy atom. The number of nitrogens with zero attached hydrogens (tertiary/aromatic N) is 3. The van der Waals surface area contributed by atoms with E-state index in [-0.39, 0.29) is 11.6 Å². The summed E-state index contributed by atoms with van der Waals surface area (Å²) in [6, 6.07) is 6.62. The van der Waals surface area contributed by atoms with Gasteiger partial charge in [-0.1, -0.05) is 23.4 Å². The van der Waals surface area contributed by atoms with Crippen molar-refractivity contribution in [1.82, 2.24) is 14.9 Å². The molecule has 1 aliphatic heterocycles. The van der Waals surface area contributed by atoms with E-state index in [1.165, 1.54) is 17.9 Å². The molecule has 23 heavy (non-hydrogen) atoms. The van der Waals surface area contributed by atoms with Crippen molar-refractivity contribution >= 4 is 15.8 Å². The Morgan fingerprint density at radius 1 is 1.26 bits per heavy atom. The molecule has 0 atom stereocenters. The summed E-state index contributed by atoms with van der Waals surface area (Å²) in [7, 11) is -3.70. The second-order valence-electron chi connectivity index (χ2n) is 5.39. The second kappa shape index (κ2) is 6.51. The van der Waals surface area contributed by atoms with Crippen molar-refractivity contribution < 1.29 is 12.9 Å². The highest BCUT2D eigenvalue weighted by atomic mass is 32.2. The van der Waals surface area contributed by atoms with Crippen molar-refractivity contribution in [1.29, 1.82) is 0 Å². The Balaban J connectivity index is 1.74. The lowest BCUT2D eigenvalue weighted by Gasteiger charge is -2.29. The lowest BCUT2D eigenvalue weighted by Crippen LogP contribution is -2.32. The maximum absolute atomic E-state index is 12.3. The van der Waals surface area contributed by atoms with Crippen LogP contribution < -0.4 is 9.62 Å². The molecule has 8 heteroatoms. The average molecular weight is 334 g/mol. The van der Waals surface area contributed by atoms with E-state index in [9.17, 15) is 8.42 Å². The number of piperidine rings is 1. The van der Waals surface area contributed by atoms with Crippen LogP contribution in [0.4, 0.5) is 5.82 Å². The Morgan fingerprint density at radius 2 is 2.04 bits per heavy atom. The first kappa shape index (κ1) is 15.7. The van der Waals surface area contributed by atoms with Gasteiger partial charge >= 0.3 is 0 Å². The molecule has 0 spiro atoms. The fourth-order valence-corrected chi connectivity index (χ4v) is 3.31. The van der Waals surface area contributed by atoms with Crippen LogP contribution in [0.2, 0.25) is 0 Å². The van der Waals surface area contributed by atoms with Crippen LogP contribution in [-0.4, -0.2) is 31.6 Å². The fraction of sp³-hybridized carbons (Fsp3) is 0.333. The molecule has 0 radical (unpaired) electrons. The molecular weight excluding hydrogens is 316 g/mol. The van der Waals surface area contributed by atoms with Gasteiger partial charge in [0.15, 0.2) is 5.03 Å². The van der Waals surface area contributed by atoms with E-state index in [0.717, 1.165) is 25.9 Å². The standard InChI is InChI=1S/C15H18N4O3S/c1-12-5-8-19(9-6-12)14-3-2-4-15(17-14)23(20,21)16-11-13-7-10-22-18-13/h2-4,7,10,16H,1,5-6,8-9,11H2. The van der Waals surface area contributed by atoms with E-state index >= 15 is 0 Å². The van der Waals surface area contributed by atoms with Crippen molar-refractivity contribution in [2.24, 2.45) is 0 Å². The highest BCUT2D eigenvalue weighted by Crippen LogP contribution is 2.21. The molecule has 0 bridgehead atoms. The normalized spacial score (nSPS) is 15.8. The maximum Gasteiger partial charge on any atom is 0.258 e. The van der Waals surface area contributed by atoms with Crippen LogP contribution in [0.5, 0.6) is 0 Å². The zero-order chi connectivity index (χ0) is 16.3. The van der Waals surface area contributed by atoms with Crippen molar-refractivity contribution in [3.63, 3.8) is 0 Å². The number of anilines is 1. The summed E-state index contributed by atoms with van der Waals surface area (Å²) in [5.41, 5.74) is 1.73. The van der Waals surface area contributed by atoms with E-state index < -0.39 is 10.0 Å². The van der Waals surface area contributed by atoms with Gasteiger partial charge in [-0.25, -0.2) is 18.1 Å². The molecule has 0 aliphatic carbocycles. The Kier molecular flexibility index (Phi) is 4.44. The molecule has 1 saturated heterocycles. The molecular formula is C15H18N4O3S. The largest absolute Gasteiger partial charge is 0.364 e. The molecule has 2 aromatic rings. The lowest BCUT2D eigenvalue weighted by atomic mass is 10.1. The molecule has 3 rings (SSSR count). The van der Waals surface area contributed by atoms with E-state index in [4.69, 9.17) is 0 Å². The smallest absolute Gasteiger partial charge is 0.258 e. The van der Waals surface area contributed by atoms with Crippen LogP contribution in [0.25, 0.3) is 0 Å². The van der Waals surface area contributed by atoms with Crippen molar-refractivity contribution in [3.8, 4) is 0 Å². The van der Waals surface area contributed by atoms with Gasteiger partial charge in [-0.2, -0.15) is 0 Å². The summed E-state index contributed by atoms with van der Waals surface area (Å²) >= 11 is 0. The predicted octanol–water partition coefficient (Wildman–Crippen LogP) is 1.70. The summed E-state index contributed by atoms with van der Waals surface area (Å²) in [6.45, 7) is 5.66. The average Bonchev–Trinajstić information content (AvgIpc) is 3.07. The number of rotatable bonds is 5. The first-order valence-corrected chi connectivity index (χ1v) is 8.80. The molecule has 1 fully saturated rings. The number of pyridine rings is 1. The monoisotopic (exact) mass is 334 g/mol. The minimum Gasteiger partial charge on any atom is -0.364 e. The van der Waals surface area contributed by atoms with Gasteiger partial charge in [-0.15, -0.1) is 0 Å². The maximum atomic E-state index is 12.3. The fourth-order valence-electron chi connectivity index (χ4n) is 2.35. The summed E-state index contributed by atoms with van der Waals surface area (Å²) in [5.74, 6) is 0.668. The van der Waals surface area contributed by atoms with Gasteiger partial charge in [-0.3, -0.25) is 0 Å². The zero-order valence-electron chi connectivity index (χ0n) is 12.6. The lowest BCUT2D eigenvalue weighted by molar-refractivity contribution is 0.411. The van der Waals surface area contributed by atoms with Crippen LogP contribution in [0, 0.1) is 0 Å². The molecule has 0 saturated carbocycles. The van der Waals surface area contributed by atoms with Crippen molar-refractivity contribution in [3.05, 3.63) is 48.4 Å². The van der Waals surface area contributed by atoms with Crippen molar-refractivity contribution in [2.75, 3.05) is 18.0 Å². The van der Waals surface area contributed by atoms with Crippen LogP contribution in [0.15, 0.2) is 52.2 Å². The Bertz CT molecular complexity index is 777. The quantitative estimate of drug-likeness (QED) is 0.837. The minimum atomic E-state index is -3.70. The third-order valence-corrected chi connectivity index (χ3v) is 5.02. The number of hydrogen-bond acceptors (Lipinski definition) is 6. The van der Waals surface area contributed by atoms with Crippen LogP contribution in [0.1, 0.15) is 18.5 Å². The van der Waals surface area contributed by atoms with Gasteiger partial charge in [-0.05, 0) is 25.0 Å².